The van der Waals surface area contributed by atoms with Gasteiger partial charge in [0.05, 0.1) is 51.1 Å². The minimum Gasteiger partial charge on any atom is -0.497 e. The number of carboxylic acid groups (broad SMARTS) is 5. The maximum Gasteiger partial charge on any atom is 0.339 e. The van der Waals surface area contributed by atoms with Crippen LogP contribution < -0.4 is 50.3 Å². The normalized spacial score (nSPS) is 11.7. The van der Waals surface area contributed by atoms with Gasteiger partial charge in [0.15, 0.2) is 0 Å². The summed E-state index contributed by atoms with van der Waals surface area (Å²) in [6.07, 6.45) is 12.1. The lowest BCUT2D eigenvalue weighted by atomic mass is 9.99. The van der Waals surface area contributed by atoms with E-state index in [1.54, 1.807) is 130 Å². The number of nitrogens with zero attached hydrogens (tertiary/aromatic N) is 5. The molecule has 0 bridgehead atoms. The number of nitrogens with one attached hydrogen (secondary N) is 5. The molecule has 2 aliphatic carbocycles. The summed E-state index contributed by atoms with van der Waals surface area (Å²) in [7, 11) is 3.08. The van der Waals surface area contributed by atoms with Crippen molar-refractivity contribution in [3.63, 3.8) is 0 Å². The smallest absolute Gasteiger partial charge is 0.339 e. The molecule has 5 heterocycles. The van der Waals surface area contributed by atoms with Gasteiger partial charge in [0.2, 0.25) is 0 Å². The number of aromatic nitrogens is 5. The molecular formula is C108H92BrF9N10O15. The van der Waals surface area contributed by atoms with Crippen molar-refractivity contribution in [2.75, 3.05) is 60.6 Å². The van der Waals surface area contributed by atoms with Crippen molar-refractivity contribution in [1.82, 2.24) is 24.9 Å². The SMILES string of the molecule is CCOc1cccc(-c2cc(F)c(Nc3ncc(Br)cc3C(=O)O)cc2F)c1.CCOc1cccc(-c2cc(F)c(Nc3ncc(C4CC4)cc3C(=O)O)c(F)c2)c1.CCOc1cccc(-c2cc(F)c(Nc3ncc(C4CC4)cc3C(=O)O)cc2F)c1.CCc1cnc(Nc2c(F)cc(-c3cccc(OC)c3)cc2F)c(C(=O)O)c1.COc1cccc(-c2cc(F)c(Nc3ncc(C)cc3C(=O)O)cc2C)c1. The Morgan fingerprint density at radius 1 is 0.329 bits per heavy atom. The highest BCUT2D eigenvalue weighted by atomic mass is 79.9. The molecule has 0 spiro atoms. The molecule has 0 atom stereocenters. The first-order valence-corrected chi connectivity index (χ1v) is 45.3. The highest BCUT2D eigenvalue weighted by molar-refractivity contribution is 9.10. The lowest BCUT2D eigenvalue weighted by Crippen LogP contribution is -2.08. The molecule has 0 radical (unpaired) electrons. The van der Waals surface area contributed by atoms with Crippen molar-refractivity contribution in [3.8, 4) is 84.4 Å². The van der Waals surface area contributed by atoms with Crippen LogP contribution in [0.3, 0.4) is 0 Å². The van der Waals surface area contributed by atoms with Crippen molar-refractivity contribution in [3.05, 3.63) is 356 Å². The zero-order chi connectivity index (χ0) is 103. The summed E-state index contributed by atoms with van der Waals surface area (Å²) in [6, 6.07) is 53.7. The molecule has 2 aliphatic rings. The van der Waals surface area contributed by atoms with E-state index in [1.165, 1.54) is 86.4 Å². The van der Waals surface area contributed by atoms with E-state index >= 15 is 0 Å². The summed E-state index contributed by atoms with van der Waals surface area (Å²) < 4.78 is 159. The summed E-state index contributed by atoms with van der Waals surface area (Å²) in [5.74, 6) is -9.41. The Morgan fingerprint density at radius 3 is 1.03 bits per heavy atom. The fourth-order valence-corrected chi connectivity index (χ4v) is 15.1. The van der Waals surface area contributed by atoms with Crippen LogP contribution in [0.2, 0.25) is 0 Å². The van der Waals surface area contributed by atoms with Crippen LogP contribution in [0, 0.1) is 66.2 Å². The fraction of sp³-hybridized carbons (Fsp3) is 0.167. The molecule has 35 heteroatoms. The standard InChI is InChI=1S/2C23H20F2N2O3.C21H18F2N2O3.C21H19FN2O3.C20H15BrF2N2O3/c1-2-30-17-5-3-4-14(8-17)15-10-19(24)21(20(25)11-15)27-22-18(23(28)29)9-16(12-26-22)13-6-7-13;1-2-30-16-5-3-4-14(8-16)17-10-20(25)21(11-19(17)24)27-22-18(23(28)29)9-15(12-26-22)13-6-7-13;1-3-12-7-16(21(26)27)20(24-11-12)25-19-17(22)9-14(10-18(19)23)13-5-4-6-15(8-13)28-2;1-12-7-17(21(25)26)20(23-11-12)24-19-8-13(2)16(10-18(19)22)14-5-4-6-15(9-14)27-3;1-2-28-13-5-3-4-11(6-13)14-8-17(23)18(9-16(14)22)25-19-15(20(26)27)7-12(21)10-24-19/h2*3-5,8-13H,2,6-7H2,1H3,(H,26,27)(H,28,29);4-11H,3H2,1-2H3,(H,24,25)(H,26,27);4-11H,1-3H3,(H,23,24)(H,25,26);3-10H,2H2,1H3,(H,24,25)(H,26,27). The Balaban J connectivity index is 0.000000150. The van der Waals surface area contributed by atoms with Gasteiger partial charge in [-0.2, -0.15) is 0 Å². The molecule has 15 aromatic rings. The second-order valence-corrected chi connectivity index (χ2v) is 33.2. The highest BCUT2D eigenvalue weighted by Gasteiger charge is 2.30. The molecule has 5 aromatic heterocycles. The predicted molar refractivity (Wildman–Crippen MR) is 529 cm³/mol. The number of hydrogen-bond acceptors (Lipinski definition) is 20. The van der Waals surface area contributed by atoms with Crippen LogP contribution in [0.5, 0.6) is 28.7 Å². The second kappa shape index (κ2) is 47.2. The number of anilines is 10. The molecule has 25 nitrogen and oxygen atoms in total. The zero-order valence-electron chi connectivity index (χ0n) is 77.7. The van der Waals surface area contributed by atoms with E-state index in [1.807, 2.05) is 58.9 Å². The molecule has 0 aliphatic heterocycles. The minimum atomic E-state index is -1.25. The van der Waals surface area contributed by atoms with Gasteiger partial charge in [-0.15, -0.1) is 0 Å². The average molecular weight is 2020 g/mol. The number of methoxy groups -OCH3 is 2. The van der Waals surface area contributed by atoms with E-state index < -0.39 is 93.6 Å². The number of carboxylic acids is 5. The molecule has 10 aromatic carbocycles. The topological polar surface area (TPSA) is 357 Å². The number of aromatic carboxylic acids is 5. The summed E-state index contributed by atoms with van der Waals surface area (Å²) in [6.45, 7) is 12.4. The van der Waals surface area contributed by atoms with Gasteiger partial charge in [-0.05, 0) is 306 Å². The van der Waals surface area contributed by atoms with Crippen LogP contribution in [0.15, 0.2) is 248 Å². The second-order valence-electron chi connectivity index (χ2n) is 32.3. The Hall–Kier alpha value is -16.9. The average Bonchev–Trinajstić information content (AvgIpc) is 1.69. The van der Waals surface area contributed by atoms with Gasteiger partial charge in [-0.1, -0.05) is 67.6 Å². The largest absolute Gasteiger partial charge is 0.497 e. The lowest BCUT2D eigenvalue weighted by molar-refractivity contribution is 0.0686. The van der Waals surface area contributed by atoms with Crippen LogP contribution in [0.4, 0.5) is 97.0 Å². The third-order valence-electron chi connectivity index (χ3n) is 22.2. The van der Waals surface area contributed by atoms with Gasteiger partial charge in [0.25, 0.3) is 0 Å². The van der Waals surface area contributed by atoms with Gasteiger partial charge >= 0.3 is 29.8 Å². The van der Waals surface area contributed by atoms with Gasteiger partial charge in [-0.3, -0.25) is 0 Å². The molecule has 10 N–H and O–H groups in total. The maximum atomic E-state index is 14.8. The monoisotopic (exact) mass is 2020 g/mol. The molecule has 734 valence electrons. The number of carbonyl (C=O) groups is 5. The number of benzene rings is 10. The number of ether oxygens (including phenoxy) is 5. The van der Waals surface area contributed by atoms with Crippen molar-refractivity contribution in [2.45, 2.75) is 85.5 Å². The van der Waals surface area contributed by atoms with Crippen LogP contribution in [-0.4, -0.2) is 114 Å². The van der Waals surface area contributed by atoms with E-state index in [0.29, 0.717) is 116 Å². The maximum absolute atomic E-state index is 14.8. The quantitative estimate of drug-likeness (QED) is 0.0180. The van der Waals surface area contributed by atoms with E-state index in [-0.39, 0.29) is 85.1 Å². The minimum absolute atomic E-state index is 0.0103. The number of halogens is 10. The highest BCUT2D eigenvalue weighted by Crippen LogP contribution is 2.45. The summed E-state index contributed by atoms with van der Waals surface area (Å²) in [4.78, 5) is 77.8. The lowest BCUT2D eigenvalue weighted by Gasteiger charge is -2.14. The number of rotatable bonds is 31. The molecule has 0 amide bonds. The van der Waals surface area contributed by atoms with Crippen LogP contribution in [0.1, 0.15) is 145 Å². The first-order chi connectivity index (χ1) is 68.6. The first-order valence-electron chi connectivity index (χ1n) is 44.5. The molecule has 0 unspecified atom stereocenters. The van der Waals surface area contributed by atoms with Crippen molar-refractivity contribution in [2.24, 2.45) is 0 Å². The van der Waals surface area contributed by atoms with Crippen molar-refractivity contribution < 1.29 is 113 Å². The third kappa shape index (κ3) is 26.6. The Labute approximate surface area is 822 Å². The molecule has 2 fully saturated rings. The Bertz CT molecular complexity index is 7260. The van der Waals surface area contributed by atoms with Gasteiger partial charge in [0, 0.05) is 58.7 Å². The zero-order valence-corrected chi connectivity index (χ0v) is 79.3. The van der Waals surface area contributed by atoms with Gasteiger partial charge < -0.3 is 75.8 Å². The Morgan fingerprint density at radius 2 is 0.643 bits per heavy atom. The molecule has 143 heavy (non-hydrogen) atoms. The van der Waals surface area contributed by atoms with Crippen LogP contribution >= 0.6 is 15.9 Å². The Kier molecular flexibility index (Phi) is 34.2. The summed E-state index contributed by atoms with van der Waals surface area (Å²) in [5.41, 5.74) is 6.69. The van der Waals surface area contributed by atoms with E-state index in [0.717, 1.165) is 77.8 Å². The number of hydrogen-bond donors (Lipinski definition) is 10. The summed E-state index contributed by atoms with van der Waals surface area (Å²) in [5, 5.41) is 59.9. The van der Waals surface area contributed by atoms with E-state index in [4.69, 9.17) is 23.7 Å². The fourth-order valence-electron chi connectivity index (χ4n) is 14.8. The van der Waals surface area contributed by atoms with Crippen LogP contribution in [0.25, 0.3) is 55.6 Å². The van der Waals surface area contributed by atoms with Gasteiger partial charge in [0.1, 0.15) is 149 Å². The van der Waals surface area contributed by atoms with E-state index in [2.05, 4.69) is 67.4 Å². The molecular weight excluding hydrogens is 1930 g/mol. The van der Waals surface area contributed by atoms with Crippen molar-refractivity contribution >= 4 is 103 Å². The summed E-state index contributed by atoms with van der Waals surface area (Å²) >= 11 is 3.13. The third-order valence-corrected chi connectivity index (χ3v) is 22.7. The molecule has 2 saturated carbocycles. The van der Waals surface area contributed by atoms with Gasteiger partial charge in [-0.25, -0.2) is 88.4 Å². The molecule has 0 saturated heterocycles. The van der Waals surface area contributed by atoms with Crippen LogP contribution in [-0.2, 0) is 6.42 Å². The molecule has 17 rings (SSSR count). The number of aryl methyl sites for hydroxylation is 3. The first kappa shape index (κ1) is 104. The van der Waals surface area contributed by atoms with Crippen molar-refractivity contribution in [1.29, 1.82) is 0 Å². The van der Waals surface area contributed by atoms with E-state index in [9.17, 15) is 89.0 Å². The number of pyridine rings is 5. The predicted octanol–water partition coefficient (Wildman–Crippen LogP) is 27.1.